The minimum Gasteiger partial charge on any atom is -0.369 e. The van der Waals surface area contributed by atoms with Crippen molar-refractivity contribution in [3.05, 3.63) is 51.4 Å². The molecule has 21 heavy (non-hydrogen) atoms. The quantitative estimate of drug-likeness (QED) is 0.899. The third kappa shape index (κ3) is 3.82. The van der Waals surface area contributed by atoms with Gasteiger partial charge in [-0.05, 0) is 30.7 Å². The van der Waals surface area contributed by atoms with Gasteiger partial charge in [0.2, 0.25) is 11.9 Å². The van der Waals surface area contributed by atoms with Crippen LogP contribution in [-0.4, -0.2) is 15.5 Å². The van der Waals surface area contributed by atoms with Gasteiger partial charge in [-0.25, -0.2) is 4.98 Å². The standard InChI is InChI=1S/C14H15ClN4O2/c1-2-10-7-13(21)19(14(16)18-10)8-12(20)17-11-5-3-9(15)4-6-11/h3-7H,2,8H2,1H3,(H2,16,18)(H,17,20). The summed E-state index contributed by atoms with van der Waals surface area (Å²) in [7, 11) is 0. The first-order valence-corrected chi connectivity index (χ1v) is 6.79. The smallest absolute Gasteiger partial charge is 0.255 e. The molecule has 0 aliphatic carbocycles. The van der Waals surface area contributed by atoms with Crippen LogP contribution in [0.3, 0.4) is 0 Å². The number of amides is 1. The van der Waals surface area contributed by atoms with Gasteiger partial charge in [0.15, 0.2) is 0 Å². The fourth-order valence-corrected chi connectivity index (χ4v) is 1.92. The highest BCUT2D eigenvalue weighted by Crippen LogP contribution is 2.13. The molecule has 1 aromatic heterocycles. The average molecular weight is 307 g/mol. The molecule has 0 atom stereocenters. The molecule has 1 aromatic carbocycles. The number of carbonyl (C=O) groups is 1. The zero-order valence-electron chi connectivity index (χ0n) is 11.5. The second kappa shape index (κ2) is 6.41. The van der Waals surface area contributed by atoms with E-state index < -0.39 is 0 Å². The Bertz CT molecular complexity index is 710. The molecule has 0 saturated heterocycles. The van der Waals surface area contributed by atoms with Crippen LogP contribution in [0.15, 0.2) is 35.1 Å². The number of aromatic nitrogens is 2. The maximum atomic E-state index is 11.9. The van der Waals surface area contributed by atoms with Gasteiger partial charge in [0.1, 0.15) is 6.54 Å². The molecule has 0 aliphatic heterocycles. The highest BCUT2D eigenvalue weighted by Gasteiger charge is 2.10. The van der Waals surface area contributed by atoms with Crippen LogP contribution in [0.1, 0.15) is 12.6 Å². The highest BCUT2D eigenvalue weighted by molar-refractivity contribution is 6.30. The van der Waals surface area contributed by atoms with E-state index in [-0.39, 0.29) is 24.0 Å². The third-order valence-electron chi connectivity index (χ3n) is 2.88. The van der Waals surface area contributed by atoms with E-state index in [0.29, 0.717) is 22.8 Å². The van der Waals surface area contributed by atoms with Crippen molar-refractivity contribution in [3.63, 3.8) is 0 Å². The molecule has 0 aliphatic rings. The van der Waals surface area contributed by atoms with Crippen molar-refractivity contribution >= 4 is 29.1 Å². The Labute approximate surface area is 126 Å². The lowest BCUT2D eigenvalue weighted by Gasteiger charge is -2.10. The summed E-state index contributed by atoms with van der Waals surface area (Å²) in [5.74, 6) is -0.331. The summed E-state index contributed by atoms with van der Waals surface area (Å²) in [6.07, 6.45) is 0.608. The van der Waals surface area contributed by atoms with E-state index in [0.717, 1.165) is 4.57 Å². The first-order valence-electron chi connectivity index (χ1n) is 6.41. The minimum absolute atomic E-state index is 0.0330. The van der Waals surface area contributed by atoms with Gasteiger partial charge in [0.05, 0.1) is 0 Å². The summed E-state index contributed by atoms with van der Waals surface area (Å²) >= 11 is 5.77. The summed E-state index contributed by atoms with van der Waals surface area (Å²) in [6, 6.07) is 8.05. The number of hydrogen-bond acceptors (Lipinski definition) is 4. The van der Waals surface area contributed by atoms with Crippen molar-refractivity contribution < 1.29 is 4.79 Å². The first kappa shape index (κ1) is 15.1. The van der Waals surface area contributed by atoms with Gasteiger partial charge in [-0.15, -0.1) is 0 Å². The zero-order valence-corrected chi connectivity index (χ0v) is 12.2. The molecular weight excluding hydrogens is 292 g/mol. The third-order valence-corrected chi connectivity index (χ3v) is 3.13. The maximum absolute atomic E-state index is 11.9. The van der Waals surface area contributed by atoms with Crippen LogP contribution in [-0.2, 0) is 17.8 Å². The summed E-state index contributed by atoms with van der Waals surface area (Å²) in [5.41, 5.74) is 6.57. The van der Waals surface area contributed by atoms with Crippen LogP contribution < -0.4 is 16.6 Å². The lowest BCUT2D eigenvalue weighted by Crippen LogP contribution is -2.30. The van der Waals surface area contributed by atoms with Crippen LogP contribution in [0.25, 0.3) is 0 Å². The SMILES string of the molecule is CCc1cc(=O)n(CC(=O)Nc2ccc(Cl)cc2)c(N)n1. The lowest BCUT2D eigenvalue weighted by atomic mass is 10.3. The van der Waals surface area contributed by atoms with E-state index in [2.05, 4.69) is 10.3 Å². The first-order chi connectivity index (χ1) is 9.99. The predicted octanol–water partition coefficient (Wildman–Crippen LogP) is 1.68. The lowest BCUT2D eigenvalue weighted by molar-refractivity contribution is -0.116. The molecule has 0 radical (unpaired) electrons. The zero-order chi connectivity index (χ0) is 15.4. The Morgan fingerprint density at radius 3 is 2.62 bits per heavy atom. The summed E-state index contributed by atoms with van der Waals surface area (Å²) in [5, 5.41) is 3.24. The fraction of sp³-hybridized carbons (Fsp3) is 0.214. The normalized spacial score (nSPS) is 10.4. The van der Waals surface area contributed by atoms with Crippen molar-refractivity contribution in [1.82, 2.24) is 9.55 Å². The number of hydrogen-bond donors (Lipinski definition) is 2. The molecule has 6 nitrogen and oxygen atoms in total. The molecule has 1 heterocycles. The average Bonchev–Trinajstić information content (AvgIpc) is 2.45. The van der Waals surface area contributed by atoms with Gasteiger partial charge in [-0.2, -0.15) is 0 Å². The highest BCUT2D eigenvalue weighted by atomic mass is 35.5. The number of nitrogens with one attached hydrogen (secondary N) is 1. The van der Waals surface area contributed by atoms with E-state index in [9.17, 15) is 9.59 Å². The van der Waals surface area contributed by atoms with Gasteiger partial charge in [0, 0.05) is 22.5 Å². The molecule has 110 valence electrons. The molecule has 0 unspecified atom stereocenters. The Morgan fingerprint density at radius 1 is 1.38 bits per heavy atom. The number of anilines is 2. The Kier molecular flexibility index (Phi) is 4.59. The van der Waals surface area contributed by atoms with E-state index >= 15 is 0 Å². The van der Waals surface area contributed by atoms with E-state index in [1.807, 2.05) is 6.92 Å². The van der Waals surface area contributed by atoms with Crippen molar-refractivity contribution in [2.24, 2.45) is 0 Å². The van der Waals surface area contributed by atoms with Gasteiger partial charge in [-0.3, -0.25) is 14.2 Å². The molecule has 7 heteroatoms. The summed E-state index contributed by atoms with van der Waals surface area (Å²) in [6.45, 7) is 1.68. The van der Waals surface area contributed by atoms with Crippen molar-refractivity contribution in [2.45, 2.75) is 19.9 Å². The van der Waals surface area contributed by atoms with E-state index in [4.69, 9.17) is 17.3 Å². The minimum atomic E-state index is -0.364. The van der Waals surface area contributed by atoms with Gasteiger partial charge >= 0.3 is 0 Å². The molecule has 3 N–H and O–H groups in total. The molecule has 2 aromatic rings. The second-order valence-electron chi connectivity index (χ2n) is 4.44. The molecule has 0 saturated carbocycles. The Morgan fingerprint density at radius 2 is 2.05 bits per heavy atom. The number of carbonyl (C=O) groups excluding carboxylic acids is 1. The monoisotopic (exact) mass is 306 g/mol. The predicted molar refractivity (Wildman–Crippen MR) is 82.4 cm³/mol. The number of benzene rings is 1. The van der Waals surface area contributed by atoms with Crippen LogP contribution in [0.5, 0.6) is 0 Å². The number of halogens is 1. The number of nitrogens with two attached hydrogens (primary N) is 1. The van der Waals surface area contributed by atoms with Crippen molar-refractivity contribution in [3.8, 4) is 0 Å². The second-order valence-corrected chi connectivity index (χ2v) is 4.88. The Hall–Kier alpha value is -2.34. The number of rotatable bonds is 4. The van der Waals surface area contributed by atoms with E-state index in [1.54, 1.807) is 24.3 Å². The largest absolute Gasteiger partial charge is 0.369 e. The van der Waals surface area contributed by atoms with Gasteiger partial charge in [-0.1, -0.05) is 18.5 Å². The Balaban J connectivity index is 2.13. The number of nitrogens with zero attached hydrogens (tertiary/aromatic N) is 2. The van der Waals surface area contributed by atoms with Crippen molar-refractivity contribution in [2.75, 3.05) is 11.1 Å². The molecule has 1 amide bonds. The van der Waals surface area contributed by atoms with Gasteiger partial charge < -0.3 is 11.1 Å². The molecule has 0 spiro atoms. The van der Waals surface area contributed by atoms with E-state index in [1.165, 1.54) is 6.07 Å². The van der Waals surface area contributed by atoms with Gasteiger partial charge in [0.25, 0.3) is 5.56 Å². The topological polar surface area (TPSA) is 90.0 Å². The summed E-state index contributed by atoms with van der Waals surface area (Å²) in [4.78, 5) is 27.9. The van der Waals surface area contributed by atoms with Crippen LogP contribution in [0, 0.1) is 0 Å². The number of nitrogen functional groups attached to an aromatic ring is 1. The molecule has 0 fully saturated rings. The summed E-state index contributed by atoms with van der Waals surface area (Å²) < 4.78 is 1.13. The molecule has 2 rings (SSSR count). The van der Waals surface area contributed by atoms with Crippen molar-refractivity contribution in [1.29, 1.82) is 0 Å². The molecule has 0 bridgehead atoms. The number of aryl methyl sites for hydroxylation is 1. The molecular formula is C14H15ClN4O2. The van der Waals surface area contributed by atoms with Crippen LogP contribution in [0.4, 0.5) is 11.6 Å². The van der Waals surface area contributed by atoms with Crippen LogP contribution >= 0.6 is 11.6 Å². The van der Waals surface area contributed by atoms with Crippen LogP contribution in [0.2, 0.25) is 5.02 Å². The fourth-order valence-electron chi connectivity index (χ4n) is 1.79. The maximum Gasteiger partial charge on any atom is 0.255 e.